The van der Waals surface area contributed by atoms with Crippen molar-refractivity contribution >= 4 is 28.4 Å². The van der Waals surface area contributed by atoms with E-state index in [9.17, 15) is 9.18 Å². The number of benzene rings is 2. The van der Waals surface area contributed by atoms with Gasteiger partial charge < -0.3 is 4.90 Å². The SMILES string of the molecule is CN1CCC(c2nn(C(=O)c3ccc(Cl)cc3)c3cc(F)ccc23)CC1. The highest BCUT2D eigenvalue weighted by Gasteiger charge is 2.26. The van der Waals surface area contributed by atoms with Crippen molar-refractivity contribution in [2.75, 3.05) is 20.1 Å². The topological polar surface area (TPSA) is 38.1 Å². The minimum atomic E-state index is -0.377. The number of likely N-dealkylation sites (tertiary alicyclic amines) is 1. The van der Waals surface area contributed by atoms with E-state index in [1.165, 1.54) is 16.8 Å². The summed E-state index contributed by atoms with van der Waals surface area (Å²) in [5.41, 5.74) is 1.87. The zero-order valence-electron chi connectivity index (χ0n) is 14.5. The smallest absolute Gasteiger partial charge is 0.278 e. The molecule has 0 radical (unpaired) electrons. The number of piperidine rings is 1. The Morgan fingerprint density at radius 1 is 1.15 bits per heavy atom. The first-order valence-corrected chi connectivity index (χ1v) is 9.08. The molecule has 1 fully saturated rings. The first-order valence-electron chi connectivity index (χ1n) is 8.70. The van der Waals surface area contributed by atoms with Gasteiger partial charge in [-0.1, -0.05) is 11.6 Å². The van der Waals surface area contributed by atoms with Crippen LogP contribution >= 0.6 is 11.6 Å². The zero-order valence-corrected chi connectivity index (χ0v) is 15.2. The van der Waals surface area contributed by atoms with E-state index < -0.39 is 0 Å². The van der Waals surface area contributed by atoms with Crippen LogP contribution in [0.25, 0.3) is 10.9 Å². The van der Waals surface area contributed by atoms with Gasteiger partial charge >= 0.3 is 0 Å². The molecule has 1 aliphatic heterocycles. The maximum absolute atomic E-state index is 13.9. The second-order valence-electron chi connectivity index (χ2n) is 6.85. The molecule has 134 valence electrons. The average molecular weight is 372 g/mol. The fourth-order valence-corrected chi connectivity index (χ4v) is 3.69. The van der Waals surface area contributed by atoms with Crippen LogP contribution in [-0.2, 0) is 0 Å². The van der Waals surface area contributed by atoms with Crippen molar-refractivity contribution in [1.29, 1.82) is 0 Å². The van der Waals surface area contributed by atoms with Crippen LogP contribution in [-0.4, -0.2) is 40.7 Å². The molecular weight excluding hydrogens is 353 g/mol. The number of rotatable bonds is 2. The summed E-state index contributed by atoms with van der Waals surface area (Å²) in [6.07, 6.45) is 1.96. The van der Waals surface area contributed by atoms with Gasteiger partial charge in [-0.2, -0.15) is 9.78 Å². The number of fused-ring (bicyclic) bond motifs is 1. The Balaban J connectivity index is 1.80. The molecule has 4 nitrogen and oxygen atoms in total. The molecule has 4 rings (SSSR count). The molecule has 0 bridgehead atoms. The molecule has 1 aromatic heterocycles. The van der Waals surface area contributed by atoms with Crippen LogP contribution in [0.3, 0.4) is 0 Å². The summed E-state index contributed by atoms with van der Waals surface area (Å²) >= 11 is 5.91. The summed E-state index contributed by atoms with van der Waals surface area (Å²) in [7, 11) is 2.10. The molecule has 0 unspecified atom stereocenters. The Hall–Kier alpha value is -2.24. The summed E-state index contributed by atoms with van der Waals surface area (Å²) in [5.74, 6) is -0.382. The maximum atomic E-state index is 13.9. The van der Waals surface area contributed by atoms with Crippen LogP contribution in [0.2, 0.25) is 5.02 Å². The summed E-state index contributed by atoms with van der Waals surface area (Å²) < 4.78 is 15.2. The number of hydrogen-bond acceptors (Lipinski definition) is 3. The van der Waals surface area contributed by atoms with Crippen LogP contribution in [0.5, 0.6) is 0 Å². The van der Waals surface area contributed by atoms with Gasteiger partial charge in [-0.05, 0) is 69.4 Å². The number of nitrogens with zero attached hydrogens (tertiary/aromatic N) is 3. The lowest BCUT2D eigenvalue weighted by atomic mass is 9.92. The van der Waals surface area contributed by atoms with Gasteiger partial charge in [-0.25, -0.2) is 4.39 Å². The number of carbonyl (C=O) groups excluding carboxylic acids is 1. The fourth-order valence-electron chi connectivity index (χ4n) is 3.57. The van der Waals surface area contributed by atoms with E-state index >= 15 is 0 Å². The molecule has 0 N–H and O–H groups in total. The van der Waals surface area contributed by atoms with Crippen LogP contribution in [0.15, 0.2) is 42.5 Å². The van der Waals surface area contributed by atoms with Crippen molar-refractivity contribution in [2.45, 2.75) is 18.8 Å². The zero-order chi connectivity index (χ0) is 18.3. The van der Waals surface area contributed by atoms with E-state index in [1.807, 2.05) is 0 Å². The van der Waals surface area contributed by atoms with Crippen LogP contribution in [0.4, 0.5) is 4.39 Å². The van der Waals surface area contributed by atoms with E-state index in [-0.39, 0.29) is 17.6 Å². The minimum Gasteiger partial charge on any atom is -0.306 e. The van der Waals surface area contributed by atoms with Gasteiger partial charge in [0.25, 0.3) is 5.91 Å². The third-order valence-electron chi connectivity index (χ3n) is 5.06. The average Bonchev–Trinajstić information content (AvgIpc) is 3.01. The minimum absolute atomic E-state index is 0.276. The lowest BCUT2D eigenvalue weighted by molar-refractivity contribution is 0.0949. The molecule has 0 spiro atoms. The van der Waals surface area contributed by atoms with Crippen molar-refractivity contribution in [2.24, 2.45) is 0 Å². The Labute approximate surface area is 156 Å². The molecule has 2 aromatic carbocycles. The van der Waals surface area contributed by atoms with E-state index in [4.69, 9.17) is 11.6 Å². The molecule has 0 aliphatic carbocycles. The van der Waals surface area contributed by atoms with Gasteiger partial charge in [0.1, 0.15) is 5.82 Å². The summed E-state index contributed by atoms with van der Waals surface area (Å²) in [6, 6.07) is 11.2. The van der Waals surface area contributed by atoms with E-state index in [2.05, 4.69) is 17.0 Å². The lowest BCUT2D eigenvalue weighted by Gasteiger charge is -2.28. The normalized spacial score (nSPS) is 16.3. The van der Waals surface area contributed by atoms with Crippen molar-refractivity contribution in [3.8, 4) is 0 Å². The highest BCUT2D eigenvalue weighted by molar-refractivity contribution is 6.30. The van der Waals surface area contributed by atoms with E-state index in [0.29, 0.717) is 16.1 Å². The number of carbonyl (C=O) groups is 1. The monoisotopic (exact) mass is 371 g/mol. The summed E-state index contributed by atoms with van der Waals surface area (Å²) in [6.45, 7) is 1.98. The molecule has 1 aliphatic rings. The highest BCUT2D eigenvalue weighted by atomic mass is 35.5. The molecule has 3 aromatic rings. The molecule has 6 heteroatoms. The maximum Gasteiger partial charge on any atom is 0.278 e. The van der Waals surface area contributed by atoms with Gasteiger partial charge in [0.15, 0.2) is 0 Å². The Morgan fingerprint density at radius 2 is 1.85 bits per heavy atom. The van der Waals surface area contributed by atoms with Crippen molar-refractivity contribution in [3.63, 3.8) is 0 Å². The van der Waals surface area contributed by atoms with Crippen molar-refractivity contribution < 1.29 is 9.18 Å². The fraction of sp³-hybridized carbons (Fsp3) is 0.300. The number of hydrogen-bond donors (Lipinski definition) is 0. The first kappa shape index (κ1) is 17.2. The lowest BCUT2D eigenvalue weighted by Crippen LogP contribution is -2.29. The van der Waals surface area contributed by atoms with Crippen molar-refractivity contribution in [1.82, 2.24) is 14.7 Å². The van der Waals surface area contributed by atoms with Gasteiger partial charge in [0.2, 0.25) is 0 Å². The van der Waals surface area contributed by atoms with Crippen LogP contribution in [0, 0.1) is 5.82 Å². The third-order valence-corrected chi connectivity index (χ3v) is 5.31. The predicted molar refractivity (Wildman–Crippen MR) is 100 cm³/mol. The predicted octanol–water partition coefficient (Wildman–Crippen LogP) is 4.33. The Bertz CT molecular complexity index is 959. The quantitative estimate of drug-likeness (QED) is 0.673. The van der Waals surface area contributed by atoms with Gasteiger partial charge in [0, 0.05) is 28.0 Å². The third kappa shape index (κ3) is 3.13. The standard InChI is InChI=1S/C20H19ClFN3O/c1-24-10-8-13(9-11-24)19-17-7-6-16(22)12-18(17)25(23-19)20(26)14-2-4-15(21)5-3-14/h2-7,12-13H,8-11H2,1H3. The van der Waals surface area contributed by atoms with Gasteiger partial charge in [-0.15, -0.1) is 0 Å². The van der Waals surface area contributed by atoms with E-state index in [1.54, 1.807) is 30.3 Å². The van der Waals surface area contributed by atoms with Crippen LogP contribution in [0.1, 0.15) is 34.8 Å². The molecular formula is C20H19ClFN3O. The molecule has 0 saturated carbocycles. The van der Waals surface area contributed by atoms with Crippen molar-refractivity contribution in [3.05, 3.63) is 64.6 Å². The largest absolute Gasteiger partial charge is 0.306 e. The molecule has 2 heterocycles. The summed E-state index contributed by atoms with van der Waals surface area (Å²) in [5, 5.41) is 6.04. The number of aromatic nitrogens is 2. The number of halogens is 2. The molecule has 0 amide bonds. The first-order chi connectivity index (χ1) is 12.5. The van der Waals surface area contributed by atoms with E-state index in [0.717, 1.165) is 37.0 Å². The van der Waals surface area contributed by atoms with Gasteiger partial charge in [0.05, 0.1) is 11.2 Å². The molecule has 26 heavy (non-hydrogen) atoms. The Kier molecular flexibility index (Phi) is 4.51. The molecule has 0 atom stereocenters. The second kappa shape index (κ2) is 6.82. The van der Waals surface area contributed by atoms with Gasteiger partial charge in [-0.3, -0.25) is 4.79 Å². The Morgan fingerprint density at radius 3 is 2.54 bits per heavy atom. The van der Waals surface area contributed by atoms with Crippen LogP contribution < -0.4 is 0 Å². The second-order valence-corrected chi connectivity index (χ2v) is 7.28. The molecule has 1 saturated heterocycles. The highest BCUT2D eigenvalue weighted by Crippen LogP contribution is 2.32. The summed E-state index contributed by atoms with van der Waals surface area (Å²) in [4.78, 5) is 15.2.